The lowest BCUT2D eigenvalue weighted by Gasteiger charge is -2.08. The number of methoxy groups -OCH3 is 1. The molecule has 1 atom stereocenters. The zero-order valence-corrected chi connectivity index (χ0v) is 9.49. The van der Waals surface area contributed by atoms with Gasteiger partial charge in [0.05, 0.1) is 13.2 Å². The summed E-state index contributed by atoms with van der Waals surface area (Å²) in [5.74, 6) is -0.799. The van der Waals surface area contributed by atoms with Crippen LogP contribution in [0.3, 0.4) is 0 Å². The van der Waals surface area contributed by atoms with Crippen molar-refractivity contribution in [1.82, 2.24) is 0 Å². The maximum atomic E-state index is 11.2. The molecule has 0 aromatic rings. The molecule has 15 heavy (non-hydrogen) atoms. The second-order valence-electron chi connectivity index (χ2n) is 3.65. The predicted molar refractivity (Wildman–Crippen MR) is 56.4 cm³/mol. The molecule has 0 aliphatic heterocycles. The molecular weight excluding hydrogens is 196 g/mol. The minimum Gasteiger partial charge on any atom is -0.469 e. The summed E-state index contributed by atoms with van der Waals surface area (Å²) in [5, 5.41) is 9.46. The molecule has 0 bridgehead atoms. The molecule has 0 unspecified atom stereocenters. The third kappa shape index (κ3) is 8.12. The van der Waals surface area contributed by atoms with Crippen molar-refractivity contribution in [2.45, 2.75) is 51.6 Å². The second-order valence-corrected chi connectivity index (χ2v) is 3.65. The molecule has 0 aliphatic rings. The molecule has 0 aromatic carbocycles. The Bertz CT molecular complexity index is 201. The van der Waals surface area contributed by atoms with Gasteiger partial charge in [0.2, 0.25) is 0 Å². The first-order valence-corrected chi connectivity index (χ1v) is 5.36. The van der Waals surface area contributed by atoms with Crippen LogP contribution in [0.25, 0.3) is 0 Å². The number of ketones is 1. The van der Waals surface area contributed by atoms with Gasteiger partial charge >= 0.3 is 5.97 Å². The van der Waals surface area contributed by atoms with Crippen LogP contribution in [-0.4, -0.2) is 30.1 Å². The molecule has 88 valence electrons. The van der Waals surface area contributed by atoms with Crippen molar-refractivity contribution in [2.75, 3.05) is 7.11 Å². The number of aliphatic hydroxyl groups is 1. The van der Waals surface area contributed by atoms with Crippen LogP contribution in [0.1, 0.15) is 45.4 Å². The summed E-state index contributed by atoms with van der Waals surface area (Å²) in [6.45, 7) is 2.08. The van der Waals surface area contributed by atoms with E-state index in [1.165, 1.54) is 7.11 Å². The number of carbonyl (C=O) groups excluding carboxylic acids is 2. The standard InChI is InChI=1S/C11H20O4/c1-3-4-5-6-9(12)7-10(13)8-11(14)15-2/h9,12H,3-8H2,1-2H3/t9-/m1/s1. The van der Waals surface area contributed by atoms with E-state index in [1.807, 2.05) is 0 Å². The summed E-state index contributed by atoms with van der Waals surface area (Å²) >= 11 is 0. The lowest BCUT2D eigenvalue weighted by atomic mass is 10.0. The summed E-state index contributed by atoms with van der Waals surface area (Å²) in [5.41, 5.74) is 0. The van der Waals surface area contributed by atoms with E-state index in [9.17, 15) is 14.7 Å². The maximum absolute atomic E-state index is 11.2. The number of carbonyl (C=O) groups is 2. The van der Waals surface area contributed by atoms with Crippen LogP contribution >= 0.6 is 0 Å². The van der Waals surface area contributed by atoms with Crippen molar-refractivity contribution < 1.29 is 19.4 Å². The van der Waals surface area contributed by atoms with Crippen LogP contribution in [0.15, 0.2) is 0 Å². The molecule has 1 N–H and O–H groups in total. The Morgan fingerprint density at radius 2 is 2.00 bits per heavy atom. The molecule has 0 heterocycles. The van der Waals surface area contributed by atoms with Crippen LogP contribution in [0.5, 0.6) is 0 Å². The molecular formula is C11H20O4. The molecule has 0 aliphatic carbocycles. The van der Waals surface area contributed by atoms with E-state index >= 15 is 0 Å². The topological polar surface area (TPSA) is 63.6 Å². The first-order valence-electron chi connectivity index (χ1n) is 5.36. The Labute approximate surface area is 90.6 Å². The van der Waals surface area contributed by atoms with E-state index in [0.29, 0.717) is 6.42 Å². The van der Waals surface area contributed by atoms with Gasteiger partial charge in [-0.1, -0.05) is 26.2 Å². The van der Waals surface area contributed by atoms with Gasteiger partial charge in [-0.25, -0.2) is 0 Å². The number of hydrogen-bond donors (Lipinski definition) is 1. The van der Waals surface area contributed by atoms with Crippen LogP contribution < -0.4 is 0 Å². The van der Waals surface area contributed by atoms with Crippen molar-refractivity contribution in [3.63, 3.8) is 0 Å². The van der Waals surface area contributed by atoms with Gasteiger partial charge in [0, 0.05) is 6.42 Å². The van der Waals surface area contributed by atoms with Gasteiger partial charge in [-0.15, -0.1) is 0 Å². The number of unbranched alkanes of at least 4 members (excludes halogenated alkanes) is 2. The Kier molecular flexibility index (Phi) is 7.91. The fourth-order valence-electron chi connectivity index (χ4n) is 1.30. The smallest absolute Gasteiger partial charge is 0.313 e. The number of rotatable bonds is 8. The third-order valence-corrected chi connectivity index (χ3v) is 2.17. The van der Waals surface area contributed by atoms with Gasteiger partial charge < -0.3 is 9.84 Å². The van der Waals surface area contributed by atoms with Gasteiger partial charge in [-0.3, -0.25) is 9.59 Å². The molecule has 0 fully saturated rings. The molecule has 0 spiro atoms. The highest BCUT2D eigenvalue weighted by atomic mass is 16.5. The SMILES string of the molecule is CCCCC[C@@H](O)CC(=O)CC(=O)OC. The van der Waals surface area contributed by atoms with E-state index < -0.39 is 12.1 Å². The quantitative estimate of drug-likeness (QED) is 0.379. The molecule has 0 radical (unpaired) electrons. The van der Waals surface area contributed by atoms with Gasteiger partial charge in [-0.2, -0.15) is 0 Å². The van der Waals surface area contributed by atoms with Crippen molar-refractivity contribution in [3.8, 4) is 0 Å². The normalized spacial score (nSPS) is 12.2. The first-order chi connectivity index (χ1) is 7.10. The molecule has 0 saturated carbocycles. The highest BCUT2D eigenvalue weighted by molar-refractivity contribution is 5.95. The van der Waals surface area contributed by atoms with E-state index in [-0.39, 0.29) is 18.6 Å². The number of hydrogen-bond acceptors (Lipinski definition) is 4. The maximum Gasteiger partial charge on any atom is 0.313 e. The van der Waals surface area contributed by atoms with E-state index in [1.54, 1.807) is 0 Å². The Hall–Kier alpha value is -0.900. The first kappa shape index (κ1) is 14.1. The monoisotopic (exact) mass is 216 g/mol. The fraction of sp³-hybridized carbons (Fsp3) is 0.818. The molecule has 4 nitrogen and oxygen atoms in total. The lowest BCUT2D eigenvalue weighted by Crippen LogP contribution is -2.16. The largest absolute Gasteiger partial charge is 0.469 e. The van der Waals surface area contributed by atoms with Gasteiger partial charge in [0.15, 0.2) is 0 Å². The summed E-state index contributed by atoms with van der Waals surface area (Å²) in [6.07, 6.45) is 2.89. The minimum atomic E-state index is -0.617. The summed E-state index contributed by atoms with van der Waals surface area (Å²) < 4.78 is 4.36. The van der Waals surface area contributed by atoms with Gasteiger partial charge in [-0.05, 0) is 6.42 Å². The molecule has 0 saturated heterocycles. The Balaban J connectivity index is 3.62. The van der Waals surface area contributed by atoms with Crippen LogP contribution in [0.2, 0.25) is 0 Å². The number of aliphatic hydroxyl groups excluding tert-OH is 1. The van der Waals surface area contributed by atoms with Crippen LogP contribution in [0.4, 0.5) is 0 Å². The van der Waals surface area contributed by atoms with Crippen LogP contribution in [0, 0.1) is 0 Å². The van der Waals surface area contributed by atoms with E-state index in [0.717, 1.165) is 19.3 Å². The number of Topliss-reactive ketones (excluding diaryl/α,β-unsaturated/α-hetero) is 1. The Morgan fingerprint density at radius 1 is 1.33 bits per heavy atom. The summed E-state index contributed by atoms with van der Waals surface area (Å²) in [7, 11) is 1.24. The van der Waals surface area contributed by atoms with Crippen LogP contribution in [-0.2, 0) is 14.3 Å². The number of ether oxygens (including phenoxy) is 1. The average molecular weight is 216 g/mol. The third-order valence-electron chi connectivity index (χ3n) is 2.17. The predicted octanol–water partition coefficient (Wildman–Crippen LogP) is 1.45. The van der Waals surface area contributed by atoms with Gasteiger partial charge in [0.25, 0.3) is 0 Å². The van der Waals surface area contributed by atoms with Crippen molar-refractivity contribution in [2.24, 2.45) is 0 Å². The van der Waals surface area contributed by atoms with Gasteiger partial charge in [0.1, 0.15) is 12.2 Å². The zero-order chi connectivity index (χ0) is 11.7. The van der Waals surface area contributed by atoms with Crippen molar-refractivity contribution >= 4 is 11.8 Å². The second kappa shape index (κ2) is 8.41. The van der Waals surface area contributed by atoms with E-state index in [2.05, 4.69) is 11.7 Å². The Morgan fingerprint density at radius 3 is 2.53 bits per heavy atom. The van der Waals surface area contributed by atoms with Crippen molar-refractivity contribution in [1.29, 1.82) is 0 Å². The molecule has 4 heteroatoms. The fourth-order valence-corrected chi connectivity index (χ4v) is 1.30. The average Bonchev–Trinajstić information content (AvgIpc) is 2.17. The lowest BCUT2D eigenvalue weighted by molar-refractivity contribution is -0.143. The summed E-state index contributed by atoms with van der Waals surface area (Å²) in [4.78, 5) is 21.9. The van der Waals surface area contributed by atoms with E-state index in [4.69, 9.17) is 0 Å². The van der Waals surface area contributed by atoms with Crippen molar-refractivity contribution in [3.05, 3.63) is 0 Å². The highest BCUT2D eigenvalue weighted by Crippen LogP contribution is 2.07. The molecule has 0 amide bonds. The molecule has 0 aromatic heterocycles. The molecule has 0 rings (SSSR count). The zero-order valence-electron chi connectivity index (χ0n) is 9.49. The number of esters is 1. The summed E-state index contributed by atoms with van der Waals surface area (Å²) in [6, 6.07) is 0. The minimum absolute atomic E-state index is 0.0544. The highest BCUT2D eigenvalue weighted by Gasteiger charge is 2.14.